The van der Waals surface area contributed by atoms with Crippen molar-refractivity contribution in [2.75, 3.05) is 0 Å². The highest BCUT2D eigenvalue weighted by Crippen LogP contribution is 2.27. The maximum absolute atomic E-state index is 2.30. The van der Waals surface area contributed by atoms with Crippen LogP contribution in [0.5, 0.6) is 0 Å². The molecule has 0 aliphatic carbocycles. The molecule has 11 heavy (non-hydrogen) atoms. The number of hydrogen-bond donors (Lipinski definition) is 0. The van der Waals surface area contributed by atoms with Crippen molar-refractivity contribution in [3.8, 4) is 0 Å². The highest BCUT2D eigenvalue weighted by Gasteiger charge is 2.19. The highest BCUT2D eigenvalue weighted by molar-refractivity contribution is 6.73. The molecule has 1 aliphatic rings. The average molecular weight is 148 g/mol. The van der Waals surface area contributed by atoms with Crippen molar-refractivity contribution in [1.82, 2.24) is 0 Å². The molecular formula is C10H17B. The van der Waals surface area contributed by atoms with Gasteiger partial charge < -0.3 is 0 Å². The van der Waals surface area contributed by atoms with Crippen LogP contribution in [0, 0.1) is 0 Å². The van der Waals surface area contributed by atoms with Gasteiger partial charge >= 0.3 is 0 Å². The first-order valence-electron chi connectivity index (χ1n) is 4.36. The fourth-order valence-electron chi connectivity index (χ4n) is 1.74. The van der Waals surface area contributed by atoms with Gasteiger partial charge in [-0.15, -0.1) is 0 Å². The average Bonchev–Trinajstić information content (AvgIpc) is 1.97. The van der Waals surface area contributed by atoms with Gasteiger partial charge in [0.25, 0.3) is 0 Å². The van der Waals surface area contributed by atoms with Crippen molar-refractivity contribution in [3.63, 3.8) is 0 Å². The molecule has 0 N–H and O–H groups in total. The van der Waals surface area contributed by atoms with Crippen LogP contribution in [-0.2, 0) is 0 Å². The summed E-state index contributed by atoms with van der Waals surface area (Å²) in [6, 6.07) is 0. The molecule has 0 fully saturated rings. The molecule has 1 heteroatoms. The Kier molecular flexibility index (Phi) is 2.27. The summed E-state index contributed by atoms with van der Waals surface area (Å²) in [5.74, 6) is 0. The van der Waals surface area contributed by atoms with Crippen molar-refractivity contribution in [2.24, 2.45) is 0 Å². The Bertz CT molecular complexity index is 209. The van der Waals surface area contributed by atoms with Crippen LogP contribution in [0.3, 0.4) is 0 Å². The maximum Gasteiger partial charge on any atom is 0.195 e. The minimum absolute atomic E-state index is 0.684. The molecule has 1 rings (SSSR count). The lowest BCUT2D eigenvalue weighted by Crippen LogP contribution is -2.19. The first-order chi connectivity index (χ1) is 5.04. The van der Waals surface area contributed by atoms with Crippen LogP contribution in [0.4, 0.5) is 0 Å². The summed E-state index contributed by atoms with van der Waals surface area (Å²) in [4.78, 5) is 0. The van der Waals surface area contributed by atoms with Crippen molar-refractivity contribution in [2.45, 2.75) is 40.9 Å². The normalized spacial score (nSPS) is 19.9. The van der Waals surface area contributed by atoms with Crippen molar-refractivity contribution < 1.29 is 0 Å². The molecular weight excluding hydrogens is 131 g/mol. The smallest absolute Gasteiger partial charge is 0.1000 e. The molecule has 0 aromatic carbocycles. The van der Waals surface area contributed by atoms with Gasteiger partial charge in [0.2, 0.25) is 0 Å². The molecule has 0 amide bonds. The Labute approximate surface area is 70.5 Å². The van der Waals surface area contributed by atoms with Crippen LogP contribution in [0.2, 0.25) is 6.82 Å². The molecule has 0 aromatic rings. The van der Waals surface area contributed by atoms with E-state index in [4.69, 9.17) is 0 Å². The van der Waals surface area contributed by atoms with Crippen molar-refractivity contribution in [1.29, 1.82) is 0 Å². The van der Waals surface area contributed by atoms with E-state index in [-0.39, 0.29) is 0 Å². The summed E-state index contributed by atoms with van der Waals surface area (Å²) in [6.07, 6.45) is 1.20. The molecule has 60 valence electrons. The Morgan fingerprint density at radius 3 is 1.64 bits per heavy atom. The van der Waals surface area contributed by atoms with Gasteiger partial charge in [0.05, 0.1) is 0 Å². The lowest BCUT2D eigenvalue weighted by atomic mass is 9.39. The van der Waals surface area contributed by atoms with Gasteiger partial charge in [0, 0.05) is 0 Å². The fraction of sp³-hybridized carbons (Fsp3) is 0.600. The molecule has 0 unspecified atom stereocenters. The van der Waals surface area contributed by atoms with E-state index in [2.05, 4.69) is 34.5 Å². The second kappa shape index (κ2) is 2.88. The zero-order valence-corrected chi connectivity index (χ0v) is 8.28. The summed E-state index contributed by atoms with van der Waals surface area (Å²) in [7, 11) is 0. The monoisotopic (exact) mass is 148 g/mol. The van der Waals surface area contributed by atoms with Crippen LogP contribution >= 0.6 is 0 Å². The first kappa shape index (κ1) is 8.64. The molecule has 0 aromatic heterocycles. The highest BCUT2D eigenvalue weighted by atomic mass is 14.1. The van der Waals surface area contributed by atoms with E-state index in [1.165, 1.54) is 6.42 Å². The summed E-state index contributed by atoms with van der Waals surface area (Å²) < 4.78 is 0. The molecule has 0 nitrogen and oxygen atoms in total. The van der Waals surface area contributed by atoms with Gasteiger partial charge in [-0.25, -0.2) is 0 Å². The van der Waals surface area contributed by atoms with Crippen LogP contribution in [0.1, 0.15) is 34.1 Å². The Hall–Kier alpha value is -0.455. The summed E-state index contributed by atoms with van der Waals surface area (Å²) in [6.45, 7) is 12.0. The minimum atomic E-state index is 0.684. The quantitative estimate of drug-likeness (QED) is 0.462. The van der Waals surface area contributed by atoms with Crippen LogP contribution in [0.25, 0.3) is 0 Å². The van der Waals surface area contributed by atoms with Crippen LogP contribution in [0.15, 0.2) is 22.1 Å². The standard InChI is InChI=1S/C10H17B/c1-7-6-8(2)10(4)11(5)9(7)3/h6H2,1-5H3. The van der Waals surface area contributed by atoms with Gasteiger partial charge in [0.1, 0.15) is 0 Å². The van der Waals surface area contributed by atoms with E-state index in [1.54, 1.807) is 22.1 Å². The predicted octanol–water partition coefficient (Wildman–Crippen LogP) is 3.27. The maximum atomic E-state index is 2.30. The topological polar surface area (TPSA) is 0 Å². The molecule has 0 bridgehead atoms. The predicted molar refractivity (Wildman–Crippen MR) is 53.0 cm³/mol. The molecule has 0 spiro atoms. The van der Waals surface area contributed by atoms with E-state index < -0.39 is 0 Å². The molecule has 0 saturated carbocycles. The summed E-state index contributed by atoms with van der Waals surface area (Å²) >= 11 is 0. The van der Waals surface area contributed by atoms with E-state index in [1.807, 2.05) is 0 Å². The summed E-state index contributed by atoms with van der Waals surface area (Å²) in [5.41, 5.74) is 6.29. The third-order valence-electron chi connectivity index (χ3n) is 3.18. The SMILES string of the molecule is CB1C(C)=C(C)CC(C)=C1C. The van der Waals surface area contributed by atoms with Gasteiger partial charge in [0.15, 0.2) is 6.71 Å². The van der Waals surface area contributed by atoms with E-state index >= 15 is 0 Å². The zero-order chi connectivity index (χ0) is 8.59. The summed E-state index contributed by atoms with van der Waals surface area (Å²) in [5, 5.41) is 0. The van der Waals surface area contributed by atoms with E-state index in [9.17, 15) is 0 Å². The second-order valence-corrected chi connectivity index (χ2v) is 3.83. The Morgan fingerprint density at radius 2 is 1.27 bits per heavy atom. The first-order valence-corrected chi connectivity index (χ1v) is 4.36. The molecule has 1 heterocycles. The largest absolute Gasteiger partial charge is 0.195 e. The van der Waals surface area contributed by atoms with Crippen molar-refractivity contribution in [3.05, 3.63) is 22.1 Å². The minimum Gasteiger partial charge on any atom is -0.1000 e. The van der Waals surface area contributed by atoms with Crippen LogP contribution < -0.4 is 0 Å². The van der Waals surface area contributed by atoms with Gasteiger partial charge in [-0.05, 0) is 20.3 Å². The van der Waals surface area contributed by atoms with Crippen LogP contribution in [-0.4, -0.2) is 6.71 Å². The third kappa shape index (κ3) is 1.42. The second-order valence-electron chi connectivity index (χ2n) is 3.83. The van der Waals surface area contributed by atoms with Gasteiger partial charge in [-0.2, -0.15) is 0 Å². The lowest BCUT2D eigenvalue weighted by molar-refractivity contribution is 1.05. The number of rotatable bonds is 0. The van der Waals surface area contributed by atoms with Gasteiger partial charge in [-0.3, -0.25) is 0 Å². The number of allylic oxidation sites excluding steroid dienone is 4. The molecule has 0 atom stereocenters. The van der Waals surface area contributed by atoms with E-state index in [0.29, 0.717) is 6.71 Å². The van der Waals surface area contributed by atoms with E-state index in [0.717, 1.165) is 0 Å². The molecule has 1 aliphatic heterocycles. The Morgan fingerprint density at radius 1 is 0.909 bits per heavy atom. The third-order valence-corrected chi connectivity index (χ3v) is 3.18. The van der Waals surface area contributed by atoms with Crippen molar-refractivity contribution >= 4 is 6.71 Å². The molecule has 0 saturated heterocycles. The van der Waals surface area contributed by atoms with Gasteiger partial charge in [-0.1, -0.05) is 42.8 Å². The lowest BCUT2D eigenvalue weighted by Gasteiger charge is -2.22. The zero-order valence-electron chi connectivity index (χ0n) is 8.28. The molecule has 0 radical (unpaired) electrons. The number of hydrogen-bond acceptors (Lipinski definition) is 0. The Balaban J connectivity index is 2.98. The fourth-order valence-corrected chi connectivity index (χ4v) is 1.74.